The minimum Gasteiger partial charge on any atom is -0.493 e. The van der Waals surface area contributed by atoms with Crippen molar-refractivity contribution in [3.63, 3.8) is 0 Å². The molecule has 0 amide bonds. The first kappa shape index (κ1) is 13.1. The van der Waals surface area contributed by atoms with Gasteiger partial charge in [0.25, 0.3) is 0 Å². The van der Waals surface area contributed by atoms with Crippen LogP contribution in [0.2, 0.25) is 0 Å². The van der Waals surface area contributed by atoms with E-state index in [1.807, 2.05) is 24.3 Å². The van der Waals surface area contributed by atoms with Gasteiger partial charge in [-0.3, -0.25) is 4.90 Å². The topological polar surface area (TPSA) is 12.5 Å². The maximum atomic E-state index is 13.3. The second kappa shape index (κ2) is 5.63. The van der Waals surface area contributed by atoms with Gasteiger partial charge in [-0.1, -0.05) is 30.3 Å². The first-order valence-corrected chi connectivity index (χ1v) is 6.90. The maximum Gasteiger partial charge on any atom is 0.124 e. The zero-order chi connectivity index (χ0) is 13.9. The average molecular weight is 271 g/mol. The highest BCUT2D eigenvalue weighted by Gasteiger charge is 2.24. The van der Waals surface area contributed by atoms with Crippen molar-refractivity contribution in [2.24, 2.45) is 0 Å². The van der Waals surface area contributed by atoms with E-state index >= 15 is 0 Å². The Morgan fingerprint density at radius 2 is 2.05 bits per heavy atom. The summed E-state index contributed by atoms with van der Waals surface area (Å²) < 4.78 is 18.9. The Hall–Kier alpha value is -1.87. The first-order chi connectivity index (χ1) is 9.74. The lowest BCUT2D eigenvalue weighted by Crippen LogP contribution is -2.29. The largest absolute Gasteiger partial charge is 0.493 e. The summed E-state index contributed by atoms with van der Waals surface area (Å²) in [6.45, 7) is 1.46. The van der Waals surface area contributed by atoms with Crippen LogP contribution in [0.1, 0.15) is 23.6 Å². The molecule has 3 rings (SSSR count). The van der Waals surface area contributed by atoms with Crippen LogP contribution in [0.15, 0.2) is 48.5 Å². The van der Waals surface area contributed by atoms with Gasteiger partial charge in [-0.05, 0) is 30.8 Å². The van der Waals surface area contributed by atoms with Gasteiger partial charge in [0.05, 0.1) is 6.61 Å². The predicted octanol–water partition coefficient (Wildman–Crippen LogP) is 3.78. The number of rotatable bonds is 3. The third kappa shape index (κ3) is 2.68. The standard InChI is InChI=1S/C17H18FNO/c1-19(12-13-5-4-6-14(18)11-13)16-9-10-20-17-8-3-2-7-15(16)17/h2-8,11,16H,9-10,12H2,1H3. The summed E-state index contributed by atoms with van der Waals surface area (Å²) in [5.41, 5.74) is 2.22. The Kier molecular flexibility index (Phi) is 3.70. The number of benzene rings is 2. The molecule has 2 aromatic carbocycles. The molecule has 104 valence electrons. The quantitative estimate of drug-likeness (QED) is 0.842. The summed E-state index contributed by atoms with van der Waals surface area (Å²) in [7, 11) is 2.08. The highest BCUT2D eigenvalue weighted by atomic mass is 19.1. The summed E-state index contributed by atoms with van der Waals surface area (Å²) >= 11 is 0. The van der Waals surface area contributed by atoms with Gasteiger partial charge in [0.2, 0.25) is 0 Å². The third-order valence-electron chi connectivity index (χ3n) is 3.78. The molecule has 0 bridgehead atoms. The molecule has 2 nitrogen and oxygen atoms in total. The molecule has 2 aromatic rings. The lowest BCUT2D eigenvalue weighted by atomic mass is 9.99. The van der Waals surface area contributed by atoms with E-state index in [1.165, 1.54) is 11.6 Å². The van der Waals surface area contributed by atoms with E-state index in [2.05, 4.69) is 18.0 Å². The van der Waals surface area contributed by atoms with Crippen LogP contribution in [-0.2, 0) is 6.54 Å². The van der Waals surface area contributed by atoms with E-state index < -0.39 is 0 Å². The first-order valence-electron chi connectivity index (χ1n) is 6.90. The van der Waals surface area contributed by atoms with Crippen molar-refractivity contribution in [2.45, 2.75) is 19.0 Å². The fourth-order valence-corrected chi connectivity index (χ4v) is 2.81. The van der Waals surface area contributed by atoms with Crippen molar-refractivity contribution in [3.05, 3.63) is 65.5 Å². The summed E-state index contributed by atoms with van der Waals surface area (Å²) in [4.78, 5) is 2.26. The molecule has 1 unspecified atom stereocenters. The number of para-hydroxylation sites is 1. The van der Waals surface area contributed by atoms with Crippen molar-refractivity contribution >= 4 is 0 Å². The molecule has 0 N–H and O–H groups in total. The fourth-order valence-electron chi connectivity index (χ4n) is 2.81. The minimum atomic E-state index is -0.178. The van der Waals surface area contributed by atoms with Crippen LogP contribution < -0.4 is 4.74 Å². The van der Waals surface area contributed by atoms with E-state index in [9.17, 15) is 4.39 Å². The lowest BCUT2D eigenvalue weighted by Gasteiger charge is -2.33. The zero-order valence-electron chi connectivity index (χ0n) is 11.6. The Labute approximate surface area is 118 Å². The fraction of sp³-hybridized carbons (Fsp3) is 0.294. The average Bonchev–Trinajstić information content (AvgIpc) is 2.46. The third-order valence-corrected chi connectivity index (χ3v) is 3.78. The molecule has 1 atom stereocenters. The molecule has 0 aliphatic carbocycles. The Bertz CT molecular complexity index is 599. The highest BCUT2D eigenvalue weighted by molar-refractivity contribution is 5.37. The van der Waals surface area contributed by atoms with Crippen molar-refractivity contribution < 1.29 is 9.13 Å². The SMILES string of the molecule is CN(Cc1cccc(F)c1)C1CCOc2ccccc21. The van der Waals surface area contributed by atoms with Crippen molar-refractivity contribution in [1.82, 2.24) is 4.90 Å². The van der Waals surface area contributed by atoms with Crippen molar-refractivity contribution in [1.29, 1.82) is 0 Å². The molecule has 0 spiro atoms. The lowest BCUT2D eigenvalue weighted by molar-refractivity contribution is 0.160. The Morgan fingerprint density at radius 3 is 2.90 bits per heavy atom. The van der Waals surface area contributed by atoms with Crippen LogP contribution in [0.3, 0.4) is 0 Å². The molecule has 1 heterocycles. The molecule has 1 aliphatic rings. The van der Waals surface area contributed by atoms with Crippen LogP contribution in [-0.4, -0.2) is 18.6 Å². The van der Waals surface area contributed by atoms with Gasteiger partial charge in [0.15, 0.2) is 0 Å². The van der Waals surface area contributed by atoms with Gasteiger partial charge in [-0.25, -0.2) is 4.39 Å². The molecule has 0 saturated carbocycles. The molecular weight excluding hydrogens is 253 g/mol. The summed E-state index contributed by atoms with van der Waals surface area (Å²) in [5.74, 6) is 0.790. The molecule has 0 radical (unpaired) electrons. The van der Waals surface area contributed by atoms with E-state index in [4.69, 9.17) is 4.74 Å². The summed E-state index contributed by atoms with van der Waals surface area (Å²) in [6.07, 6.45) is 0.961. The van der Waals surface area contributed by atoms with Crippen LogP contribution in [0.5, 0.6) is 5.75 Å². The predicted molar refractivity (Wildman–Crippen MR) is 77.2 cm³/mol. The normalized spacial score (nSPS) is 17.6. The number of halogens is 1. The number of hydrogen-bond acceptors (Lipinski definition) is 2. The van der Waals surface area contributed by atoms with Crippen LogP contribution in [0, 0.1) is 5.82 Å². The summed E-state index contributed by atoms with van der Waals surface area (Å²) in [5, 5.41) is 0. The smallest absolute Gasteiger partial charge is 0.124 e. The van der Waals surface area contributed by atoms with Gasteiger partial charge in [-0.2, -0.15) is 0 Å². The van der Waals surface area contributed by atoms with E-state index in [0.29, 0.717) is 6.04 Å². The second-order valence-corrected chi connectivity index (χ2v) is 5.24. The Balaban J connectivity index is 1.80. The summed E-state index contributed by atoms with van der Waals surface area (Å²) in [6, 6.07) is 15.3. The number of hydrogen-bond donors (Lipinski definition) is 0. The van der Waals surface area contributed by atoms with Crippen molar-refractivity contribution in [2.75, 3.05) is 13.7 Å². The van der Waals surface area contributed by atoms with Crippen LogP contribution >= 0.6 is 0 Å². The zero-order valence-corrected chi connectivity index (χ0v) is 11.6. The highest BCUT2D eigenvalue weighted by Crippen LogP contribution is 2.35. The molecular formula is C17H18FNO. The number of fused-ring (bicyclic) bond motifs is 1. The van der Waals surface area contributed by atoms with Crippen LogP contribution in [0.4, 0.5) is 4.39 Å². The molecule has 0 fully saturated rings. The van der Waals surface area contributed by atoms with Gasteiger partial charge >= 0.3 is 0 Å². The molecule has 20 heavy (non-hydrogen) atoms. The second-order valence-electron chi connectivity index (χ2n) is 5.24. The molecule has 1 aliphatic heterocycles. The van der Waals surface area contributed by atoms with Gasteiger partial charge < -0.3 is 4.74 Å². The monoisotopic (exact) mass is 271 g/mol. The van der Waals surface area contributed by atoms with Crippen LogP contribution in [0.25, 0.3) is 0 Å². The number of ether oxygens (including phenoxy) is 1. The molecule has 0 aromatic heterocycles. The maximum absolute atomic E-state index is 13.3. The van der Waals surface area contributed by atoms with Crippen molar-refractivity contribution in [3.8, 4) is 5.75 Å². The van der Waals surface area contributed by atoms with Gasteiger partial charge in [0.1, 0.15) is 11.6 Å². The van der Waals surface area contributed by atoms with E-state index in [0.717, 1.165) is 30.9 Å². The van der Waals surface area contributed by atoms with Gasteiger partial charge in [-0.15, -0.1) is 0 Å². The minimum absolute atomic E-state index is 0.178. The van der Waals surface area contributed by atoms with E-state index in [-0.39, 0.29) is 5.82 Å². The molecule has 3 heteroatoms. The molecule has 0 saturated heterocycles. The number of nitrogens with zero attached hydrogens (tertiary/aromatic N) is 1. The van der Waals surface area contributed by atoms with E-state index in [1.54, 1.807) is 12.1 Å². The Morgan fingerprint density at radius 1 is 1.20 bits per heavy atom. The van der Waals surface area contributed by atoms with Gasteiger partial charge in [0, 0.05) is 24.6 Å².